The van der Waals surface area contributed by atoms with Gasteiger partial charge in [-0.05, 0) is 19.2 Å². The average molecular weight is 356 g/mol. The van der Waals surface area contributed by atoms with E-state index >= 15 is 0 Å². The van der Waals surface area contributed by atoms with Crippen molar-refractivity contribution in [2.75, 3.05) is 13.6 Å². The zero-order valence-corrected chi connectivity index (χ0v) is 12.5. The van der Waals surface area contributed by atoms with Crippen LogP contribution >= 0.6 is 0 Å². The third kappa shape index (κ3) is 4.60. The highest BCUT2D eigenvalue weighted by Crippen LogP contribution is 2.33. The third-order valence-corrected chi connectivity index (χ3v) is 3.05. The smallest absolute Gasteiger partial charge is 0.434 e. The van der Waals surface area contributed by atoms with Crippen LogP contribution in [0.25, 0.3) is 0 Å². The first-order valence-corrected chi connectivity index (χ1v) is 6.49. The first kappa shape index (κ1) is 19.7. The van der Waals surface area contributed by atoms with Crippen LogP contribution in [0.15, 0.2) is 6.20 Å². The molecule has 6 nitrogen and oxygen atoms in total. The lowest BCUT2D eigenvalue weighted by Gasteiger charge is -2.20. The van der Waals surface area contributed by atoms with E-state index in [1.54, 1.807) is 6.92 Å². The van der Waals surface area contributed by atoms with E-state index in [4.69, 9.17) is 5.11 Å². The van der Waals surface area contributed by atoms with Gasteiger partial charge in [-0.3, -0.25) is 4.98 Å². The molecule has 0 radical (unpaired) electrons. The summed E-state index contributed by atoms with van der Waals surface area (Å²) in [5.41, 5.74) is -4.35. The van der Waals surface area contributed by atoms with Gasteiger partial charge in [0.25, 0.3) is 0 Å². The van der Waals surface area contributed by atoms with Gasteiger partial charge in [0.05, 0.1) is 11.1 Å². The van der Waals surface area contributed by atoms with E-state index in [1.807, 2.05) is 0 Å². The molecule has 0 amide bonds. The summed E-state index contributed by atoms with van der Waals surface area (Å²) in [4.78, 5) is 27.3. The van der Waals surface area contributed by atoms with Gasteiger partial charge in [-0.25, -0.2) is 9.59 Å². The molecule has 0 saturated carbocycles. The molecule has 0 saturated heterocycles. The molecule has 24 heavy (non-hydrogen) atoms. The minimum Gasteiger partial charge on any atom is -0.478 e. The molecule has 1 rings (SSSR count). The fourth-order valence-electron chi connectivity index (χ4n) is 1.86. The van der Waals surface area contributed by atoms with E-state index in [9.17, 15) is 31.5 Å². The number of halogens is 5. The maximum absolute atomic E-state index is 13.0. The molecule has 0 aliphatic heterocycles. The number of carboxylic acid groups (broad SMARTS) is 1. The van der Waals surface area contributed by atoms with Crippen LogP contribution in [0.3, 0.4) is 0 Å². The molecule has 1 N–H and O–H groups in total. The van der Waals surface area contributed by atoms with Crippen LogP contribution < -0.4 is 0 Å². The molecule has 1 aromatic heterocycles. The summed E-state index contributed by atoms with van der Waals surface area (Å²) < 4.78 is 67.0. The lowest BCUT2D eigenvalue weighted by atomic mass is 10.00. The Morgan fingerprint density at radius 1 is 1.38 bits per heavy atom. The van der Waals surface area contributed by atoms with Gasteiger partial charge in [-0.15, -0.1) is 0 Å². The number of hydrogen-bond donors (Lipinski definition) is 1. The molecule has 1 aromatic rings. The fourth-order valence-corrected chi connectivity index (χ4v) is 1.86. The minimum atomic E-state index is -5.10. The van der Waals surface area contributed by atoms with Gasteiger partial charge in [0.2, 0.25) is 0 Å². The van der Waals surface area contributed by atoms with Crippen molar-refractivity contribution in [1.29, 1.82) is 0 Å². The minimum absolute atomic E-state index is 0.298. The molecule has 134 valence electrons. The van der Waals surface area contributed by atoms with Crippen LogP contribution in [0.2, 0.25) is 0 Å². The van der Waals surface area contributed by atoms with Crippen molar-refractivity contribution in [3.8, 4) is 0 Å². The van der Waals surface area contributed by atoms with Crippen LogP contribution in [-0.4, -0.2) is 47.1 Å². The molecule has 1 heterocycles. The van der Waals surface area contributed by atoms with Crippen molar-refractivity contribution in [3.05, 3.63) is 28.6 Å². The summed E-state index contributed by atoms with van der Waals surface area (Å²) in [6, 6.07) is 0. The number of carbonyl (C=O) groups excluding carboxylic acids is 1. The number of aromatic nitrogens is 1. The van der Waals surface area contributed by atoms with Crippen molar-refractivity contribution >= 4 is 11.9 Å². The molecule has 0 aliphatic carbocycles. The number of nitrogens with zero attached hydrogens (tertiary/aromatic N) is 2. The maximum Gasteiger partial charge on any atom is 0.434 e. The predicted molar refractivity (Wildman–Crippen MR) is 69.6 cm³/mol. The summed E-state index contributed by atoms with van der Waals surface area (Å²) >= 11 is 0. The van der Waals surface area contributed by atoms with Crippen molar-refractivity contribution in [2.45, 2.75) is 26.3 Å². The van der Waals surface area contributed by atoms with Gasteiger partial charge >= 0.3 is 24.7 Å². The Kier molecular flexibility index (Phi) is 6.18. The van der Waals surface area contributed by atoms with E-state index in [2.05, 4.69) is 9.72 Å². The first-order valence-electron chi connectivity index (χ1n) is 6.49. The third-order valence-electron chi connectivity index (χ3n) is 3.05. The Hall–Kier alpha value is -2.30. The molecule has 11 heteroatoms. The number of pyridine rings is 1. The average Bonchev–Trinajstić information content (AvgIpc) is 2.44. The summed E-state index contributed by atoms with van der Waals surface area (Å²) in [5, 5.41) is 9.12. The van der Waals surface area contributed by atoms with Crippen molar-refractivity contribution in [1.82, 2.24) is 9.88 Å². The molecule has 0 aliphatic rings. The maximum atomic E-state index is 13.0. The molecule has 0 spiro atoms. The van der Waals surface area contributed by atoms with E-state index in [-0.39, 0.29) is 0 Å². The Morgan fingerprint density at radius 3 is 2.38 bits per heavy atom. The number of aromatic carboxylic acids is 1. The highest BCUT2D eigenvalue weighted by molar-refractivity contribution is 5.97. The lowest BCUT2D eigenvalue weighted by molar-refractivity contribution is -0.141. The van der Waals surface area contributed by atoms with E-state index in [0.717, 1.165) is 0 Å². The Labute approximate surface area is 132 Å². The van der Waals surface area contributed by atoms with E-state index in [0.29, 0.717) is 12.7 Å². The molecular weight excluding hydrogens is 343 g/mol. The topological polar surface area (TPSA) is 79.7 Å². The second-order valence-corrected chi connectivity index (χ2v) is 4.67. The molecule has 0 bridgehead atoms. The van der Waals surface area contributed by atoms with Crippen molar-refractivity contribution in [2.24, 2.45) is 0 Å². The zero-order chi connectivity index (χ0) is 18.7. The monoisotopic (exact) mass is 356 g/mol. The summed E-state index contributed by atoms with van der Waals surface area (Å²) in [7, 11) is 1.45. The standard InChI is InChI=1S/C13H13F5N2O4/c1-3-20(2)5-7-6(11(23)24-12(14)15)4-19-9(13(16,17)18)8(7)10(21)22/h4,12H,3,5H2,1-2H3,(H,21,22). The summed E-state index contributed by atoms with van der Waals surface area (Å²) in [6.45, 7) is -1.99. The van der Waals surface area contributed by atoms with Gasteiger partial charge in [-0.2, -0.15) is 22.0 Å². The molecule has 0 fully saturated rings. The Morgan fingerprint density at radius 2 is 1.96 bits per heavy atom. The Balaban J connectivity index is 3.63. The van der Waals surface area contributed by atoms with Gasteiger partial charge in [0.1, 0.15) is 0 Å². The number of hydrogen-bond acceptors (Lipinski definition) is 5. The largest absolute Gasteiger partial charge is 0.478 e. The first-order chi connectivity index (χ1) is 11.0. The number of carbonyl (C=O) groups is 2. The van der Waals surface area contributed by atoms with Crippen LogP contribution in [0, 0.1) is 0 Å². The van der Waals surface area contributed by atoms with Crippen LogP contribution in [-0.2, 0) is 17.5 Å². The van der Waals surface area contributed by atoms with Gasteiger partial charge in [0.15, 0.2) is 5.69 Å². The molecule has 0 unspecified atom stereocenters. The van der Waals surface area contributed by atoms with Crippen LogP contribution in [0.4, 0.5) is 22.0 Å². The van der Waals surface area contributed by atoms with Crippen LogP contribution in [0.5, 0.6) is 0 Å². The fraction of sp³-hybridized carbons (Fsp3) is 0.462. The molecule has 0 atom stereocenters. The second-order valence-electron chi connectivity index (χ2n) is 4.67. The number of carboxylic acids is 1. The summed E-state index contributed by atoms with van der Waals surface area (Å²) in [5.74, 6) is -3.64. The van der Waals surface area contributed by atoms with E-state index < -0.39 is 53.7 Å². The summed E-state index contributed by atoms with van der Waals surface area (Å²) in [6.07, 6.45) is -4.71. The predicted octanol–water partition coefficient (Wildman–Crippen LogP) is 2.63. The quantitative estimate of drug-likeness (QED) is 0.624. The van der Waals surface area contributed by atoms with Gasteiger partial charge in [0, 0.05) is 12.7 Å². The molecular formula is C13H13F5N2O4. The normalized spacial score (nSPS) is 11.9. The zero-order valence-electron chi connectivity index (χ0n) is 12.5. The second kappa shape index (κ2) is 7.51. The van der Waals surface area contributed by atoms with E-state index in [1.165, 1.54) is 11.9 Å². The number of ether oxygens (including phenoxy) is 1. The van der Waals surface area contributed by atoms with Gasteiger partial charge in [-0.1, -0.05) is 6.92 Å². The molecule has 0 aromatic carbocycles. The lowest BCUT2D eigenvalue weighted by Crippen LogP contribution is -2.26. The number of alkyl halides is 5. The number of esters is 1. The Bertz CT molecular complexity index is 634. The van der Waals surface area contributed by atoms with Crippen LogP contribution in [0.1, 0.15) is 38.9 Å². The highest BCUT2D eigenvalue weighted by Gasteiger charge is 2.40. The van der Waals surface area contributed by atoms with Crippen molar-refractivity contribution in [3.63, 3.8) is 0 Å². The SMILES string of the molecule is CCN(C)Cc1c(C(=O)OC(F)F)cnc(C(F)(F)F)c1C(=O)O. The highest BCUT2D eigenvalue weighted by atomic mass is 19.4. The number of rotatable bonds is 6. The van der Waals surface area contributed by atoms with Crippen molar-refractivity contribution < 1.29 is 41.4 Å². The van der Waals surface area contributed by atoms with Gasteiger partial charge < -0.3 is 14.7 Å².